The summed E-state index contributed by atoms with van der Waals surface area (Å²) < 4.78 is 1.83. The summed E-state index contributed by atoms with van der Waals surface area (Å²) in [4.78, 5) is 4.08. The molecule has 2 rings (SSSR count). The fourth-order valence-corrected chi connectivity index (χ4v) is 1.40. The average Bonchev–Trinajstić information content (AvgIpc) is 2.48. The largest absolute Gasteiger partial charge is 0.490 e. The fourth-order valence-electron chi connectivity index (χ4n) is 1.40. The van der Waals surface area contributed by atoms with E-state index in [0.29, 0.717) is 5.46 Å². The Morgan fingerprint density at radius 1 is 1.46 bits per heavy atom. The lowest BCUT2D eigenvalue weighted by Crippen LogP contribution is -2.29. The molecule has 0 aliphatic carbocycles. The predicted octanol–water partition coefficient (Wildman–Crippen LogP) is -0.795. The van der Waals surface area contributed by atoms with Crippen LogP contribution in [0.4, 0.5) is 0 Å². The summed E-state index contributed by atoms with van der Waals surface area (Å²) >= 11 is 0. The minimum Gasteiger partial charge on any atom is -0.423 e. The molecule has 4 nitrogen and oxygen atoms in total. The molecule has 0 aromatic rings. The Morgan fingerprint density at radius 2 is 2.23 bits per heavy atom. The van der Waals surface area contributed by atoms with Gasteiger partial charge in [0.25, 0.3) is 0 Å². The van der Waals surface area contributed by atoms with Crippen LogP contribution in [0.3, 0.4) is 0 Å². The van der Waals surface area contributed by atoms with Gasteiger partial charge in [0, 0.05) is 30.5 Å². The molecule has 0 fully saturated rings. The highest BCUT2D eigenvalue weighted by Crippen LogP contribution is 2.16. The molecular weight excluding hydrogens is 167 g/mol. The Kier molecular flexibility index (Phi) is 1.83. The zero-order valence-corrected chi connectivity index (χ0v) is 7.18. The van der Waals surface area contributed by atoms with Crippen LogP contribution in [0.15, 0.2) is 24.5 Å². The van der Waals surface area contributed by atoms with Crippen molar-refractivity contribution in [2.24, 2.45) is 7.05 Å². The summed E-state index contributed by atoms with van der Waals surface area (Å²) in [7, 11) is 0.412. The molecule has 2 aliphatic rings. The van der Waals surface area contributed by atoms with E-state index in [2.05, 4.69) is 4.98 Å². The molecule has 2 N–H and O–H groups in total. The van der Waals surface area contributed by atoms with Gasteiger partial charge in [-0.05, 0) is 6.07 Å². The molecule has 2 aliphatic heterocycles. The number of rotatable bonds is 1. The molecule has 13 heavy (non-hydrogen) atoms. The molecule has 0 spiro atoms. The van der Waals surface area contributed by atoms with Crippen molar-refractivity contribution in [1.82, 2.24) is 9.55 Å². The number of pyridine rings is 1. The fraction of sp³-hybridized carbons (Fsp3) is 0.125. The lowest BCUT2D eigenvalue weighted by Gasteiger charge is -2.05. The van der Waals surface area contributed by atoms with Crippen LogP contribution in [-0.2, 0) is 7.05 Å². The van der Waals surface area contributed by atoms with E-state index < -0.39 is 7.12 Å². The van der Waals surface area contributed by atoms with E-state index in [4.69, 9.17) is 10.0 Å². The second-order valence-corrected chi connectivity index (χ2v) is 2.94. The van der Waals surface area contributed by atoms with Crippen LogP contribution in [-0.4, -0.2) is 26.7 Å². The van der Waals surface area contributed by atoms with Gasteiger partial charge >= 0.3 is 7.12 Å². The molecule has 0 unspecified atom stereocenters. The van der Waals surface area contributed by atoms with Gasteiger partial charge in [-0.1, -0.05) is 6.07 Å². The molecule has 0 saturated heterocycles. The Hall–Kier alpha value is -1.33. The first kappa shape index (κ1) is 8.28. The highest BCUT2D eigenvalue weighted by atomic mass is 16.4. The third-order valence-electron chi connectivity index (χ3n) is 2.06. The van der Waals surface area contributed by atoms with Crippen LogP contribution in [0, 0.1) is 0 Å². The third-order valence-corrected chi connectivity index (χ3v) is 2.06. The quantitative estimate of drug-likeness (QED) is 0.559. The molecule has 66 valence electrons. The second kappa shape index (κ2) is 2.87. The highest BCUT2D eigenvalue weighted by molar-refractivity contribution is 6.60. The third kappa shape index (κ3) is 1.22. The zero-order valence-electron chi connectivity index (χ0n) is 7.18. The predicted molar refractivity (Wildman–Crippen MR) is 49.7 cm³/mol. The van der Waals surface area contributed by atoms with Crippen molar-refractivity contribution in [2.45, 2.75) is 0 Å². The van der Waals surface area contributed by atoms with Gasteiger partial charge in [-0.15, -0.1) is 0 Å². The first-order valence-corrected chi connectivity index (χ1v) is 3.96. The molecule has 2 heterocycles. The summed E-state index contributed by atoms with van der Waals surface area (Å²) in [6, 6.07) is 3.66. The summed E-state index contributed by atoms with van der Waals surface area (Å²) in [6.07, 6.45) is 3.35. The van der Waals surface area contributed by atoms with Crippen LogP contribution in [0.5, 0.6) is 0 Å². The van der Waals surface area contributed by atoms with E-state index >= 15 is 0 Å². The molecule has 5 heteroatoms. The maximum Gasteiger partial charge on any atom is 0.490 e. The molecule has 0 saturated carbocycles. The highest BCUT2D eigenvalue weighted by Gasteiger charge is 2.21. The first-order valence-electron chi connectivity index (χ1n) is 3.96. The van der Waals surface area contributed by atoms with Crippen molar-refractivity contribution in [3.63, 3.8) is 0 Å². The Balaban J connectivity index is 2.64. The van der Waals surface area contributed by atoms with E-state index in [1.54, 1.807) is 0 Å². The van der Waals surface area contributed by atoms with Gasteiger partial charge < -0.3 is 14.6 Å². The van der Waals surface area contributed by atoms with Crippen molar-refractivity contribution >= 4 is 12.6 Å². The van der Waals surface area contributed by atoms with Crippen molar-refractivity contribution in [2.75, 3.05) is 0 Å². The lowest BCUT2D eigenvalue weighted by molar-refractivity contribution is 0.426. The van der Waals surface area contributed by atoms with Crippen molar-refractivity contribution in [1.29, 1.82) is 0 Å². The van der Waals surface area contributed by atoms with E-state index in [1.165, 1.54) is 6.20 Å². The maximum atomic E-state index is 9.01. The van der Waals surface area contributed by atoms with Gasteiger partial charge in [-0.2, -0.15) is 0 Å². The van der Waals surface area contributed by atoms with Crippen LogP contribution in [0.1, 0.15) is 0 Å². The monoisotopic (exact) mass is 176 g/mol. The standard InChI is InChI=1S/C8H9BN2O2/c1-11-4-2-3-6-7(9(12)13)5-10-8(6)11/h2-5,12-13H,1H3. The van der Waals surface area contributed by atoms with E-state index in [1.807, 2.05) is 29.9 Å². The summed E-state index contributed by atoms with van der Waals surface area (Å²) in [6.45, 7) is 0. The van der Waals surface area contributed by atoms with Crippen molar-refractivity contribution in [3.05, 3.63) is 24.5 Å². The topological polar surface area (TPSA) is 58.3 Å². The summed E-state index contributed by atoms with van der Waals surface area (Å²) in [5, 5.41) is 18.0. The van der Waals surface area contributed by atoms with Gasteiger partial charge in [-0.25, -0.2) is 4.98 Å². The van der Waals surface area contributed by atoms with Gasteiger partial charge in [0.15, 0.2) is 0 Å². The summed E-state index contributed by atoms with van der Waals surface area (Å²) in [5.74, 6) is 0.755. The molecule has 0 bridgehead atoms. The van der Waals surface area contributed by atoms with Crippen molar-refractivity contribution in [3.8, 4) is 11.4 Å². The van der Waals surface area contributed by atoms with Crippen LogP contribution >= 0.6 is 0 Å². The molecule has 0 aromatic heterocycles. The Labute approximate surface area is 76.0 Å². The van der Waals surface area contributed by atoms with Crippen LogP contribution in [0.2, 0.25) is 0 Å². The number of aromatic nitrogens is 2. The van der Waals surface area contributed by atoms with Crippen LogP contribution < -0.4 is 5.46 Å². The minimum absolute atomic E-state index is 0.450. The van der Waals surface area contributed by atoms with Gasteiger partial charge in [0.05, 0.1) is 0 Å². The van der Waals surface area contributed by atoms with Gasteiger partial charge in [0.1, 0.15) is 5.82 Å². The molecule has 0 amide bonds. The molecular formula is C8H9BN2O2. The Morgan fingerprint density at radius 3 is 2.92 bits per heavy atom. The Bertz CT molecular complexity index is 399. The number of aryl methyl sites for hydroxylation is 1. The van der Waals surface area contributed by atoms with Crippen LogP contribution in [0.25, 0.3) is 11.4 Å². The lowest BCUT2D eigenvalue weighted by atomic mass is 9.79. The second-order valence-electron chi connectivity index (χ2n) is 2.94. The molecule has 0 radical (unpaired) electrons. The van der Waals surface area contributed by atoms with E-state index in [9.17, 15) is 0 Å². The normalized spacial score (nSPS) is 10.7. The maximum absolute atomic E-state index is 9.01. The van der Waals surface area contributed by atoms with Gasteiger partial charge in [0.2, 0.25) is 0 Å². The summed E-state index contributed by atoms with van der Waals surface area (Å²) in [5.41, 5.74) is 1.23. The number of hydrogen-bond acceptors (Lipinski definition) is 3. The zero-order chi connectivity index (χ0) is 9.42. The minimum atomic E-state index is -1.45. The number of hydrogen-bond donors (Lipinski definition) is 2. The number of fused-ring (bicyclic) bond motifs is 1. The average molecular weight is 176 g/mol. The van der Waals surface area contributed by atoms with Crippen molar-refractivity contribution < 1.29 is 10.0 Å². The smallest absolute Gasteiger partial charge is 0.423 e. The number of nitrogens with zero attached hydrogens (tertiary/aromatic N) is 2. The molecule has 0 aromatic carbocycles. The van der Waals surface area contributed by atoms with Gasteiger partial charge in [-0.3, -0.25) is 0 Å². The molecule has 0 atom stereocenters. The van der Waals surface area contributed by atoms with E-state index in [-0.39, 0.29) is 0 Å². The SMILES string of the molecule is Cn1cccc2c(B(O)O)cnc1-2. The first-order chi connectivity index (χ1) is 6.20. The van der Waals surface area contributed by atoms with E-state index in [0.717, 1.165) is 11.4 Å².